The average molecular weight is 274 g/mol. The maximum absolute atomic E-state index is 11.4. The minimum Gasteiger partial charge on any atom is -0.476 e. The number of carboxylic acids is 1. The van der Waals surface area contributed by atoms with E-state index in [-0.39, 0.29) is 11.6 Å². The molecule has 4 N–H and O–H groups in total. The van der Waals surface area contributed by atoms with E-state index in [0.29, 0.717) is 11.2 Å². The van der Waals surface area contributed by atoms with Gasteiger partial charge in [0.25, 0.3) is 0 Å². The maximum atomic E-state index is 11.4. The smallest absolute Gasteiger partial charge is 0.356 e. The molecule has 106 valence electrons. The Hall–Kier alpha value is -2.08. The van der Waals surface area contributed by atoms with Crippen LogP contribution in [-0.2, 0) is 0 Å². The molecule has 2 aromatic heterocycles. The van der Waals surface area contributed by atoms with Crippen molar-refractivity contribution in [1.82, 2.24) is 14.7 Å². The van der Waals surface area contributed by atoms with E-state index in [9.17, 15) is 9.90 Å². The molecule has 0 bridgehead atoms. The highest BCUT2D eigenvalue weighted by molar-refractivity contribution is 5.94. The maximum Gasteiger partial charge on any atom is 0.356 e. The van der Waals surface area contributed by atoms with E-state index in [4.69, 9.17) is 5.73 Å². The molecule has 1 saturated heterocycles. The van der Waals surface area contributed by atoms with Gasteiger partial charge in [-0.15, -0.1) is 0 Å². The molecule has 6 heteroatoms. The molecular formula is C14H18N4O2. The van der Waals surface area contributed by atoms with E-state index in [2.05, 4.69) is 10.3 Å². The largest absolute Gasteiger partial charge is 0.476 e. The van der Waals surface area contributed by atoms with Crippen LogP contribution >= 0.6 is 0 Å². The number of pyridine rings is 1. The first-order valence-electron chi connectivity index (χ1n) is 6.88. The van der Waals surface area contributed by atoms with Crippen molar-refractivity contribution in [2.24, 2.45) is 0 Å². The first kappa shape index (κ1) is 12.9. The Morgan fingerprint density at radius 1 is 1.50 bits per heavy atom. The molecule has 1 aliphatic heterocycles. The number of carboxylic acid groups (broad SMARTS) is 1. The number of fused-ring (bicyclic) bond motifs is 1. The van der Waals surface area contributed by atoms with Crippen molar-refractivity contribution in [3.8, 4) is 0 Å². The second-order valence-corrected chi connectivity index (χ2v) is 5.24. The van der Waals surface area contributed by atoms with Gasteiger partial charge in [0, 0.05) is 24.3 Å². The Bertz CT molecular complexity index is 642. The molecule has 0 radical (unpaired) electrons. The summed E-state index contributed by atoms with van der Waals surface area (Å²) in [6, 6.07) is 3.44. The number of nitrogens with one attached hydrogen (secondary N) is 1. The minimum absolute atomic E-state index is 0.0801. The Kier molecular flexibility index (Phi) is 3.31. The third-order valence-electron chi connectivity index (χ3n) is 3.81. The lowest BCUT2D eigenvalue weighted by molar-refractivity contribution is 0.0693. The Labute approximate surface area is 116 Å². The van der Waals surface area contributed by atoms with Crippen molar-refractivity contribution in [3.63, 3.8) is 0 Å². The fourth-order valence-corrected chi connectivity index (χ4v) is 2.81. The number of nitrogens with zero attached hydrogens (tertiary/aromatic N) is 2. The number of hydrogen-bond donors (Lipinski definition) is 3. The van der Waals surface area contributed by atoms with Crippen LogP contribution in [0.4, 0.5) is 5.69 Å². The first-order valence-corrected chi connectivity index (χ1v) is 6.88. The van der Waals surface area contributed by atoms with E-state index in [0.717, 1.165) is 38.2 Å². The van der Waals surface area contributed by atoms with E-state index >= 15 is 0 Å². The number of imidazole rings is 1. The Morgan fingerprint density at radius 2 is 2.35 bits per heavy atom. The Morgan fingerprint density at radius 3 is 3.15 bits per heavy atom. The van der Waals surface area contributed by atoms with E-state index < -0.39 is 5.97 Å². The molecule has 0 saturated carbocycles. The second kappa shape index (κ2) is 5.13. The zero-order valence-electron chi connectivity index (χ0n) is 11.2. The van der Waals surface area contributed by atoms with Crippen LogP contribution in [-0.4, -0.2) is 33.6 Å². The van der Waals surface area contributed by atoms with E-state index in [1.54, 1.807) is 12.1 Å². The molecule has 2 aromatic rings. The molecule has 1 fully saturated rings. The molecule has 0 amide bonds. The van der Waals surface area contributed by atoms with Crippen molar-refractivity contribution in [2.75, 3.05) is 18.8 Å². The summed E-state index contributed by atoms with van der Waals surface area (Å²) in [5, 5.41) is 12.7. The lowest BCUT2D eigenvalue weighted by Crippen LogP contribution is -2.20. The first-order chi connectivity index (χ1) is 9.66. The molecule has 3 heterocycles. The van der Waals surface area contributed by atoms with Gasteiger partial charge in [-0.05, 0) is 31.5 Å². The topological polar surface area (TPSA) is 92.7 Å². The zero-order chi connectivity index (χ0) is 14.1. The lowest BCUT2D eigenvalue weighted by Gasteiger charge is -2.13. The predicted octanol–water partition coefficient (Wildman–Crippen LogP) is 1.47. The molecule has 1 aliphatic rings. The number of nitrogens with two attached hydrogens (primary N) is 1. The summed E-state index contributed by atoms with van der Waals surface area (Å²) in [6.07, 6.45) is 5.11. The van der Waals surface area contributed by atoms with Gasteiger partial charge >= 0.3 is 5.97 Å². The van der Waals surface area contributed by atoms with Crippen LogP contribution in [0, 0.1) is 0 Å². The number of anilines is 1. The third kappa shape index (κ3) is 2.22. The van der Waals surface area contributed by atoms with Gasteiger partial charge in [0.1, 0.15) is 5.82 Å². The average Bonchev–Trinajstić information content (AvgIpc) is 2.60. The highest BCUT2D eigenvalue weighted by Gasteiger charge is 2.23. The van der Waals surface area contributed by atoms with Crippen LogP contribution < -0.4 is 11.1 Å². The van der Waals surface area contributed by atoms with Gasteiger partial charge in [-0.25, -0.2) is 9.78 Å². The number of hydrogen-bond acceptors (Lipinski definition) is 4. The SMILES string of the molecule is Nc1ccn2c(C3CCCCNC3)nc(C(=O)O)c2c1. The molecule has 1 atom stereocenters. The lowest BCUT2D eigenvalue weighted by atomic mass is 10.0. The summed E-state index contributed by atoms with van der Waals surface area (Å²) in [5.41, 5.74) is 6.95. The van der Waals surface area contributed by atoms with Gasteiger partial charge in [-0.2, -0.15) is 0 Å². The fraction of sp³-hybridized carbons (Fsp3) is 0.429. The van der Waals surface area contributed by atoms with Gasteiger partial charge in [0.05, 0.1) is 5.52 Å². The summed E-state index contributed by atoms with van der Waals surface area (Å²) in [4.78, 5) is 15.7. The number of rotatable bonds is 2. The van der Waals surface area contributed by atoms with Crippen LogP contribution in [0.3, 0.4) is 0 Å². The number of aromatic nitrogens is 2. The van der Waals surface area contributed by atoms with Gasteiger partial charge in [-0.1, -0.05) is 6.42 Å². The molecule has 20 heavy (non-hydrogen) atoms. The standard InChI is InChI=1S/C14H18N4O2/c15-10-4-6-18-11(7-10)12(14(19)20)17-13(18)9-3-1-2-5-16-8-9/h4,6-7,9,16H,1-3,5,8,15H2,(H,19,20). The summed E-state index contributed by atoms with van der Waals surface area (Å²) >= 11 is 0. The van der Waals surface area contributed by atoms with Crippen molar-refractivity contribution >= 4 is 17.2 Å². The van der Waals surface area contributed by atoms with Crippen molar-refractivity contribution in [3.05, 3.63) is 29.8 Å². The normalized spacial score (nSPS) is 19.9. The fourth-order valence-electron chi connectivity index (χ4n) is 2.81. The summed E-state index contributed by atoms with van der Waals surface area (Å²) in [6.45, 7) is 1.85. The second-order valence-electron chi connectivity index (χ2n) is 5.24. The van der Waals surface area contributed by atoms with Crippen molar-refractivity contribution in [2.45, 2.75) is 25.2 Å². The zero-order valence-corrected chi connectivity index (χ0v) is 11.2. The van der Waals surface area contributed by atoms with Crippen LogP contribution in [0.1, 0.15) is 41.5 Å². The van der Waals surface area contributed by atoms with Crippen molar-refractivity contribution in [1.29, 1.82) is 0 Å². The third-order valence-corrected chi connectivity index (χ3v) is 3.81. The summed E-state index contributed by atoms with van der Waals surface area (Å²) < 4.78 is 1.86. The van der Waals surface area contributed by atoms with Gasteiger partial charge < -0.3 is 20.6 Å². The number of aromatic carboxylic acids is 1. The van der Waals surface area contributed by atoms with Crippen molar-refractivity contribution < 1.29 is 9.90 Å². The van der Waals surface area contributed by atoms with Crippen LogP contribution in [0.25, 0.3) is 5.52 Å². The van der Waals surface area contributed by atoms with Gasteiger partial charge in [0.15, 0.2) is 5.69 Å². The number of nitrogen functional groups attached to an aromatic ring is 1. The summed E-state index contributed by atoms with van der Waals surface area (Å²) in [7, 11) is 0. The minimum atomic E-state index is -1.01. The molecule has 0 aromatic carbocycles. The van der Waals surface area contributed by atoms with E-state index in [1.165, 1.54) is 0 Å². The molecule has 3 rings (SSSR count). The summed E-state index contributed by atoms with van der Waals surface area (Å²) in [5.74, 6) is 0.0365. The van der Waals surface area contributed by atoms with Gasteiger partial charge in [-0.3, -0.25) is 0 Å². The Balaban J connectivity index is 2.12. The van der Waals surface area contributed by atoms with Crippen LogP contribution in [0.15, 0.2) is 18.3 Å². The number of carbonyl (C=O) groups is 1. The van der Waals surface area contributed by atoms with Gasteiger partial charge in [0.2, 0.25) is 0 Å². The monoisotopic (exact) mass is 274 g/mol. The molecular weight excluding hydrogens is 256 g/mol. The highest BCUT2D eigenvalue weighted by Crippen LogP contribution is 2.26. The van der Waals surface area contributed by atoms with E-state index in [1.807, 2.05) is 10.6 Å². The van der Waals surface area contributed by atoms with Crippen LogP contribution in [0.5, 0.6) is 0 Å². The predicted molar refractivity (Wildman–Crippen MR) is 76.0 cm³/mol. The molecule has 0 spiro atoms. The highest BCUT2D eigenvalue weighted by atomic mass is 16.4. The molecule has 1 unspecified atom stereocenters. The quantitative estimate of drug-likeness (QED) is 0.771. The van der Waals surface area contributed by atoms with Crippen LogP contribution in [0.2, 0.25) is 0 Å². The molecule has 0 aliphatic carbocycles. The molecule has 6 nitrogen and oxygen atoms in total.